The van der Waals surface area contributed by atoms with Crippen molar-refractivity contribution in [2.24, 2.45) is 0 Å². The van der Waals surface area contributed by atoms with Crippen molar-refractivity contribution in [3.63, 3.8) is 0 Å². The third kappa shape index (κ3) is 2.61. The largest absolute Gasteiger partial charge is 0.474 e. The fourth-order valence-electron chi connectivity index (χ4n) is 1.75. The standard InChI is InChI=1S/C12H18N2O/c1-2-3-4-5-10-6-7-11-12(14-10)15-9-8-13-11/h6-7,13H,2-5,8-9H2,1H3. The molecule has 0 aliphatic carbocycles. The van der Waals surface area contributed by atoms with E-state index >= 15 is 0 Å². The molecule has 1 aliphatic heterocycles. The Morgan fingerprint density at radius 2 is 2.33 bits per heavy atom. The Balaban J connectivity index is 2.00. The number of nitrogens with one attached hydrogen (secondary N) is 1. The summed E-state index contributed by atoms with van der Waals surface area (Å²) in [4.78, 5) is 4.50. The van der Waals surface area contributed by atoms with Crippen LogP contribution < -0.4 is 10.1 Å². The van der Waals surface area contributed by atoms with E-state index in [0.717, 1.165) is 36.8 Å². The van der Waals surface area contributed by atoms with Gasteiger partial charge in [0.2, 0.25) is 5.88 Å². The first-order chi connectivity index (χ1) is 7.40. The summed E-state index contributed by atoms with van der Waals surface area (Å²) in [6.07, 6.45) is 4.81. The molecular formula is C12H18N2O. The number of ether oxygens (including phenoxy) is 1. The Morgan fingerprint density at radius 3 is 3.20 bits per heavy atom. The van der Waals surface area contributed by atoms with Crippen LogP contribution in [-0.2, 0) is 6.42 Å². The summed E-state index contributed by atoms with van der Waals surface area (Å²) in [6.45, 7) is 3.82. The van der Waals surface area contributed by atoms with Crippen molar-refractivity contribution in [3.05, 3.63) is 17.8 Å². The van der Waals surface area contributed by atoms with E-state index in [9.17, 15) is 0 Å². The Morgan fingerprint density at radius 1 is 1.40 bits per heavy atom. The van der Waals surface area contributed by atoms with Crippen LogP contribution in [0.4, 0.5) is 5.69 Å². The molecule has 0 fully saturated rings. The highest BCUT2D eigenvalue weighted by atomic mass is 16.5. The van der Waals surface area contributed by atoms with Crippen molar-refractivity contribution < 1.29 is 4.74 Å². The van der Waals surface area contributed by atoms with Gasteiger partial charge in [-0.2, -0.15) is 0 Å². The summed E-state index contributed by atoms with van der Waals surface area (Å²) in [5, 5.41) is 3.27. The second-order valence-electron chi connectivity index (χ2n) is 3.89. The summed E-state index contributed by atoms with van der Waals surface area (Å²) in [5.74, 6) is 0.773. The van der Waals surface area contributed by atoms with Gasteiger partial charge >= 0.3 is 0 Å². The third-order valence-corrected chi connectivity index (χ3v) is 2.61. The number of fused-ring (bicyclic) bond motifs is 1. The predicted molar refractivity (Wildman–Crippen MR) is 61.5 cm³/mol. The van der Waals surface area contributed by atoms with Crippen molar-refractivity contribution >= 4 is 5.69 Å². The Kier molecular flexibility index (Phi) is 3.43. The first-order valence-electron chi connectivity index (χ1n) is 5.76. The summed E-state index contributed by atoms with van der Waals surface area (Å²) in [6, 6.07) is 4.17. The summed E-state index contributed by atoms with van der Waals surface area (Å²) in [7, 11) is 0. The molecule has 3 heteroatoms. The third-order valence-electron chi connectivity index (χ3n) is 2.61. The first kappa shape index (κ1) is 10.3. The molecule has 0 aromatic carbocycles. The molecule has 1 aromatic heterocycles. The van der Waals surface area contributed by atoms with Gasteiger partial charge in [-0.25, -0.2) is 4.98 Å². The second-order valence-corrected chi connectivity index (χ2v) is 3.89. The smallest absolute Gasteiger partial charge is 0.237 e. The molecule has 0 radical (unpaired) electrons. The van der Waals surface area contributed by atoms with Gasteiger partial charge in [0.1, 0.15) is 6.61 Å². The van der Waals surface area contributed by atoms with Crippen LogP contribution in [-0.4, -0.2) is 18.1 Å². The van der Waals surface area contributed by atoms with Gasteiger partial charge in [-0.3, -0.25) is 0 Å². The maximum absolute atomic E-state index is 5.50. The molecule has 0 saturated heterocycles. The minimum Gasteiger partial charge on any atom is -0.474 e. The van der Waals surface area contributed by atoms with Gasteiger partial charge in [0.25, 0.3) is 0 Å². The van der Waals surface area contributed by atoms with Gasteiger partial charge < -0.3 is 10.1 Å². The number of pyridine rings is 1. The maximum Gasteiger partial charge on any atom is 0.237 e. The van der Waals surface area contributed by atoms with Gasteiger partial charge in [0, 0.05) is 12.2 Å². The summed E-state index contributed by atoms with van der Waals surface area (Å²) < 4.78 is 5.50. The number of rotatable bonds is 4. The molecule has 0 saturated carbocycles. The maximum atomic E-state index is 5.50. The van der Waals surface area contributed by atoms with Gasteiger partial charge in [-0.1, -0.05) is 19.8 Å². The molecule has 0 spiro atoms. The van der Waals surface area contributed by atoms with E-state index in [1.807, 2.05) is 0 Å². The number of hydrogen-bond acceptors (Lipinski definition) is 3. The predicted octanol–water partition coefficient (Wildman–Crippen LogP) is 2.62. The second kappa shape index (κ2) is 5.01. The van der Waals surface area contributed by atoms with Crippen LogP contribution in [0.2, 0.25) is 0 Å². The number of anilines is 1. The summed E-state index contributed by atoms with van der Waals surface area (Å²) in [5.41, 5.74) is 2.17. The fourth-order valence-corrected chi connectivity index (χ4v) is 1.75. The Bertz CT molecular complexity index is 325. The molecule has 0 unspecified atom stereocenters. The van der Waals surface area contributed by atoms with Gasteiger partial charge in [0.05, 0.1) is 5.69 Å². The van der Waals surface area contributed by atoms with E-state index in [-0.39, 0.29) is 0 Å². The number of nitrogens with zero attached hydrogens (tertiary/aromatic N) is 1. The number of aromatic nitrogens is 1. The van der Waals surface area contributed by atoms with Gasteiger partial charge in [-0.05, 0) is 25.0 Å². The molecular weight excluding hydrogens is 188 g/mol. The van der Waals surface area contributed by atoms with E-state index in [1.165, 1.54) is 19.3 Å². The molecule has 3 nitrogen and oxygen atoms in total. The zero-order valence-corrected chi connectivity index (χ0v) is 9.25. The van der Waals surface area contributed by atoms with Crippen LogP contribution in [0.25, 0.3) is 0 Å². The molecule has 1 N–H and O–H groups in total. The van der Waals surface area contributed by atoms with E-state index in [4.69, 9.17) is 4.74 Å². The lowest BCUT2D eigenvalue weighted by Crippen LogP contribution is -2.19. The van der Waals surface area contributed by atoms with Crippen molar-refractivity contribution in [2.75, 3.05) is 18.5 Å². The molecule has 2 heterocycles. The van der Waals surface area contributed by atoms with E-state index in [2.05, 4.69) is 29.4 Å². The zero-order valence-electron chi connectivity index (χ0n) is 9.25. The van der Waals surface area contributed by atoms with Crippen molar-refractivity contribution in [2.45, 2.75) is 32.6 Å². The van der Waals surface area contributed by atoms with Gasteiger partial charge in [0.15, 0.2) is 0 Å². The highest BCUT2D eigenvalue weighted by Gasteiger charge is 2.10. The van der Waals surface area contributed by atoms with Crippen LogP contribution in [0.3, 0.4) is 0 Å². The minimum atomic E-state index is 0.721. The van der Waals surface area contributed by atoms with Crippen molar-refractivity contribution in [1.29, 1.82) is 0 Å². The lowest BCUT2D eigenvalue weighted by Gasteiger charge is -2.18. The van der Waals surface area contributed by atoms with E-state index < -0.39 is 0 Å². The number of hydrogen-bond donors (Lipinski definition) is 1. The zero-order chi connectivity index (χ0) is 10.5. The van der Waals surface area contributed by atoms with E-state index in [0.29, 0.717) is 0 Å². The molecule has 0 atom stereocenters. The number of aryl methyl sites for hydroxylation is 1. The molecule has 15 heavy (non-hydrogen) atoms. The van der Waals surface area contributed by atoms with Crippen molar-refractivity contribution in [3.8, 4) is 5.88 Å². The van der Waals surface area contributed by atoms with Crippen LogP contribution in [0.15, 0.2) is 12.1 Å². The minimum absolute atomic E-state index is 0.721. The Labute approximate surface area is 90.9 Å². The van der Waals surface area contributed by atoms with E-state index in [1.54, 1.807) is 0 Å². The fraction of sp³-hybridized carbons (Fsp3) is 0.583. The molecule has 0 amide bonds. The lowest BCUT2D eigenvalue weighted by atomic mass is 10.1. The molecule has 2 rings (SSSR count). The molecule has 0 bridgehead atoms. The van der Waals surface area contributed by atoms with Crippen LogP contribution in [0.5, 0.6) is 5.88 Å². The normalized spacial score (nSPS) is 13.9. The van der Waals surface area contributed by atoms with Crippen LogP contribution >= 0.6 is 0 Å². The van der Waals surface area contributed by atoms with Crippen LogP contribution in [0, 0.1) is 0 Å². The quantitative estimate of drug-likeness (QED) is 0.769. The molecule has 1 aromatic rings. The average molecular weight is 206 g/mol. The van der Waals surface area contributed by atoms with Crippen molar-refractivity contribution in [1.82, 2.24) is 4.98 Å². The highest BCUT2D eigenvalue weighted by Crippen LogP contribution is 2.24. The highest BCUT2D eigenvalue weighted by molar-refractivity contribution is 5.54. The monoisotopic (exact) mass is 206 g/mol. The Hall–Kier alpha value is -1.25. The average Bonchev–Trinajstić information content (AvgIpc) is 2.29. The first-order valence-corrected chi connectivity index (χ1v) is 5.76. The van der Waals surface area contributed by atoms with Crippen LogP contribution in [0.1, 0.15) is 31.9 Å². The van der Waals surface area contributed by atoms with Gasteiger partial charge in [-0.15, -0.1) is 0 Å². The number of unbranched alkanes of at least 4 members (excludes halogenated alkanes) is 2. The molecule has 1 aliphatic rings. The SMILES string of the molecule is CCCCCc1ccc2c(n1)OCCN2. The lowest BCUT2D eigenvalue weighted by molar-refractivity contribution is 0.309. The molecule has 82 valence electrons. The summed E-state index contributed by atoms with van der Waals surface area (Å²) >= 11 is 0. The topological polar surface area (TPSA) is 34.1 Å².